The number of allylic oxidation sites excluding steroid dienone is 3. The average Bonchev–Trinajstić information content (AvgIpc) is 2.97. The molecule has 0 fully saturated rings. The third-order valence-corrected chi connectivity index (χ3v) is 6.53. The molecule has 0 aliphatic heterocycles. The van der Waals surface area contributed by atoms with Crippen molar-refractivity contribution in [1.82, 2.24) is 0 Å². The maximum atomic E-state index is 15.1. The fourth-order valence-electron chi connectivity index (χ4n) is 4.39. The lowest BCUT2D eigenvalue weighted by molar-refractivity contribution is -0.276. The zero-order valence-electron chi connectivity index (χ0n) is 23.8. The summed E-state index contributed by atoms with van der Waals surface area (Å²) in [4.78, 5) is 0. The number of hydrogen-bond acceptors (Lipinski definition) is 2. The summed E-state index contributed by atoms with van der Waals surface area (Å²) in [7, 11) is 0. The lowest BCUT2D eigenvalue weighted by atomic mass is 9.97. The van der Waals surface area contributed by atoms with E-state index in [1.807, 2.05) is 0 Å². The molecule has 0 aliphatic rings. The molecule has 0 heterocycles. The Kier molecular flexibility index (Phi) is 10.3. The fourth-order valence-corrected chi connectivity index (χ4v) is 4.39. The number of hydrogen-bond donors (Lipinski definition) is 0. The maximum Gasteiger partial charge on any atom is 0.573 e. The molecule has 0 unspecified atom stereocenters. The maximum absolute atomic E-state index is 15.1. The lowest BCUT2D eigenvalue weighted by Gasteiger charge is -2.20. The highest BCUT2D eigenvalue weighted by atomic mass is 19.4. The van der Waals surface area contributed by atoms with Gasteiger partial charge in [0.1, 0.15) is 29.0 Å². The summed E-state index contributed by atoms with van der Waals surface area (Å²) in [5, 5.41) is 0. The minimum atomic E-state index is -5.50. The van der Waals surface area contributed by atoms with Gasteiger partial charge in [-0.1, -0.05) is 42.5 Å². The molecule has 0 saturated carbocycles. The van der Waals surface area contributed by atoms with Gasteiger partial charge in [-0.15, -0.1) is 13.2 Å². The summed E-state index contributed by atoms with van der Waals surface area (Å²) in [6.45, 7) is 1.73. The molecule has 0 saturated heterocycles. The summed E-state index contributed by atoms with van der Waals surface area (Å²) in [5.41, 5.74) is -2.86. The van der Waals surface area contributed by atoms with Gasteiger partial charge in [-0.05, 0) is 54.3 Å². The molecule has 0 bridgehead atoms. The van der Waals surface area contributed by atoms with Gasteiger partial charge in [0.15, 0.2) is 17.5 Å². The molecule has 0 amide bonds. The molecular formula is C33H20F12O2. The van der Waals surface area contributed by atoms with E-state index in [2.05, 4.69) is 9.47 Å². The van der Waals surface area contributed by atoms with E-state index in [4.69, 9.17) is 0 Å². The molecule has 4 aromatic carbocycles. The van der Waals surface area contributed by atoms with Crippen LogP contribution in [0, 0.1) is 29.1 Å². The van der Waals surface area contributed by atoms with E-state index in [9.17, 15) is 43.9 Å². The highest BCUT2D eigenvalue weighted by Gasteiger charge is 2.39. The Morgan fingerprint density at radius 3 is 1.74 bits per heavy atom. The highest BCUT2D eigenvalue weighted by Crippen LogP contribution is 2.39. The second kappa shape index (κ2) is 13.9. The predicted molar refractivity (Wildman–Crippen MR) is 148 cm³/mol. The second-order valence-electron chi connectivity index (χ2n) is 9.80. The van der Waals surface area contributed by atoms with Crippen molar-refractivity contribution < 1.29 is 62.2 Å². The van der Waals surface area contributed by atoms with Crippen molar-refractivity contribution in [2.45, 2.75) is 32.2 Å². The quantitative estimate of drug-likeness (QED) is 0.123. The molecule has 14 heteroatoms. The molecule has 0 N–H and O–H groups in total. The fraction of sp³-hybridized carbons (Fsp3) is 0.152. The van der Waals surface area contributed by atoms with E-state index in [1.165, 1.54) is 24.3 Å². The Morgan fingerprint density at radius 2 is 1.21 bits per heavy atom. The van der Waals surface area contributed by atoms with Crippen LogP contribution in [0.3, 0.4) is 0 Å². The van der Waals surface area contributed by atoms with Crippen molar-refractivity contribution in [3.63, 3.8) is 0 Å². The molecular weight excluding hydrogens is 656 g/mol. The normalized spacial score (nSPS) is 12.8. The SMILES string of the molecule is C/C=C/CC/C(F)=C(\F)c1ccc(-c2cc(F)c(-c3ccc(C(F)(F)Oc4cc(F)c(OC(F)(F)F)c(F)c4)c(F)c3)c(F)c2)cc1. The Morgan fingerprint density at radius 1 is 0.660 bits per heavy atom. The van der Waals surface area contributed by atoms with Crippen molar-refractivity contribution >= 4 is 5.83 Å². The summed E-state index contributed by atoms with van der Waals surface area (Å²) < 4.78 is 175. The average molecular weight is 676 g/mol. The first kappa shape index (κ1) is 35.0. The minimum absolute atomic E-state index is 0.0450. The third kappa shape index (κ3) is 8.29. The van der Waals surface area contributed by atoms with Gasteiger partial charge in [-0.25, -0.2) is 30.7 Å². The Bertz CT molecular complexity index is 1780. The van der Waals surface area contributed by atoms with Gasteiger partial charge < -0.3 is 9.47 Å². The predicted octanol–water partition coefficient (Wildman–Crippen LogP) is 11.7. The van der Waals surface area contributed by atoms with E-state index in [-0.39, 0.29) is 41.7 Å². The number of ether oxygens (including phenoxy) is 2. The molecule has 47 heavy (non-hydrogen) atoms. The van der Waals surface area contributed by atoms with Crippen molar-refractivity contribution in [2.75, 3.05) is 0 Å². The number of benzene rings is 4. The van der Waals surface area contributed by atoms with E-state index >= 15 is 8.78 Å². The largest absolute Gasteiger partial charge is 0.573 e. The zero-order valence-corrected chi connectivity index (χ0v) is 23.8. The van der Waals surface area contributed by atoms with E-state index in [0.29, 0.717) is 18.2 Å². The van der Waals surface area contributed by atoms with Crippen molar-refractivity contribution in [3.05, 3.63) is 125 Å². The van der Waals surface area contributed by atoms with Crippen molar-refractivity contribution in [1.29, 1.82) is 0 Å². The Hall–Kier alpha value is -4.88. The highest BCUT2D eigenvalue weighted by molar-refractivity contribution is 5.73. The number of rotatable bonds is 10. The van der Waals surface area contributed by atoms with Crippen LogP contribution in [0.5, 0.6) is 11.5 Å². The van der Waals surface area contributed by atoms with Crippen molar-refractivity contribution in [2.24, 2.45) is 0 Å². The lowest BCUT2D eigenvalue weighted by Crippen LogP contribution is -2.24. The summed E-state index contributed by atoms with van der Waals surface area (Å²) in [6.07, 6.45) is -6.72. The van der Waals surface area contributed by atoms with Crippen LogP contribution in [0.15, 0.2) is 84.7 Å². The molecule has 4 aromatic rings. The van der Waals surface area contributed by atoms with Crippen molar-refractivity contribution in [3.8, 4) is 33.8 Å². The number of halogens is 12. The molecule has 4 rings (SSSR count). The zero-order chi connectivity index (χ0) is 34.7. The van der Waals surface area contributed by atoms with Crippen LogP contribution in [-0.4, -0.2) is 6.36 Å². The van der Waals surface area contributed by atoms with E-state index < -0.39 is 81.4 Å². The molecule has 0 atom stereocenters. The summed E-state index contributed by atoms with van der Waals surface area (Å²) in [6, 6.07) is 7.97. The van der Waals surface area contributed by atoms with E-state index in [0.717, 1.165) is 12.1 Å². The minimum Gasteiger partial charge on any atom is -0.429 e. The summed E-state index contributed by atoms with van der Waals surface area (Å²) in [5.74, 6) is -13.7. The smallest absolute Gasteiger partial charge is 0.429 e. The molecule has 0 spiro atoms. The van der Waals surface area contributed by atoms with Gasteiger partial charge in [-0.3, -0.25) is 0 Å². The molecule has 0 aliphatic carbocycles. The molecule has 0 aromatic heterocycles. The molecule has 2 nitrogen and oxygen atoms in total. The first-order valence-electron chi connectivity index (χ1n) is 13.4. The second-order valence-corrected chi connectivity index (χ2v) is 9.80. The third-order valence-electron chi connectivity index (χ3n) is 6.53. The van der Waals surface area contributed by atoms with Crippen LogP contribution in [-0.2, 0) is 6.11 Å². The van der Waals surface area contributed by atoms with Gasteiger partial charge in [0.25, 0.3) is 0 Å². The van der Waals surface area contributed by atoms with Gasteiger partial charge in [-0.2, -0.15) is 8.78 Å². The molecule has 0 radical (unpaired) electrons. The molecule has 248 valence electrons. The van der Waals surface area contributed by atoms with Gasteiger partial charge in [0.05, 0.1) is 11.1 Å². The summed E-state index contributed by atoms with van der Waals surface area (Å²) >= 11 is 0. The van der Waals surface area contributed by atoms with Crippen LogP contribution in [0.2, 0.25) is 0 Å². The van der Waals surface area contributed by atoms with Gasteiger partial charge in [0, 0.05) is 24.1 Å². The monoisotopic (exact) mass is 676 g/mol. The first-order valence-corrected chi connectivity index (χ1v) is 13.4. The first-order chi connectivity index (χ1) is 22.0. The van der Waals surface area contributed by atoms with Gasteiger partial charge >= 0.3 is 12.5 Å². The van der Waals surface area contributed by atoms with Crippen LogP contribution in [0.25, 0.3) is 28.1 Å². The van der Waals surface area contributed by atoms with Crippen LogP contribution in [0.4, 0.5) is 52.7 Å². The van der Waals surface area contributed by atoms with Crippen LogP contribution in [0.1, 0.15) is 30.9 Å². The Balaban J connectivity index is 1.57. The Labute approximate surface area is 259 Å². The topological polar surface area (TPSA) is 18.5 Å². The standard InChI is InChI=1S/C33H20F12O2/c1-2-3-4-5-23(34)30(40)18-8-6-17(7-9-18)20-13-25(36)29(26(37)14-20)19-10-11-22(24(35)12-19)32(41,42)46-21-15-27(38)31(28(39)16-21)47-33(43,44)45/h2-3,6-16H,4-5H2,1H3/b3-2+,30-23+. The van der Waals surface area contributed by atoms with E-state index in [1.54, 1.807) is 19.1 Å². The number of alkyl halides is 5. The van der Waals surface area contributed by atoms with Crippen LogP contribution < -0.4 is 9.47 Å². The van der Waals surface area contributed by atoms with Gasteiger partial charge in [0.2, 0.25) is 5.75 Å². The van der Waals surface area contributed by atoms with Crippen LogP contribution >= 0.6 is 0 Å².